The molecule has 1 aliphatic heterocycles. The quantitative estimate of drug-likeness (QED) is 0.533. The molecule has 0 unspecified atom stereocenters. The van der Waals surface area contributed by atoms with Gasteiger partial charge in [-0.1, -0.05) is 0 Å². The average Bonchev–Trinajstić information content (AvgIpc) is 2.05. The maximum atomic E-state index is 3.95. The van der Waals surface area contributed by atoms with Crippen molar-refractivity contribution in [2.75, 3.05) is 6.54 Å². The Morgan fingerprint density at radius 1 is 1.40 bits per heavy atom. The van der Waals surface area contributed by atoms with Crippen LogP contribution in [0.5, 0.6) is 0 Å². The highest BCUT2D eigenvalue weighted by Gasteiger charge is 2.05. The van der Waals surface area contributed by atoms with Crippen molar-refractivity contribution in [3.05, 3.63) is 18.1 Å². The predicted octanol–water partition coefficient (Wildman–Crippen LogP) is 1.12. The van der Waals surface area contributed by atoms with Crippen LogP contribution < -0.4 is 0 Å². The minimum absolute atomic E-state index is 0.723. The minimum atomic E-state index is 0.723. The van der Waals surface area contributed by atoms with Crippen molar-refractivity contribution in [3.63, 3.8) is 0 Å². The summed E-state index contributed by atoms with van der Waals surface area (Å²) in [6, 6.07) is 0. The molecule has 4 nitrogen and oxygen atoms in total. The molecule has 4 heteroatoms. The van der Waals surface area contributed by atoms with Crippen molar-refractivity contribution < 1.29 is 0 Å². The summed E-state index contributed by atoms with van der Waals surface area (Å²) >= 11 is 0. The van der Waals surface area contributed by atoms with Crippen LogP contribution in [0.1, 0.15) is 5.56 Å². The highest BCUT2D eigenvalue weighted by molar-refractivity contribution is 5.36. The van der Waals surface area contributed by atoms with E-state index in [1.807, 2.05) is 0 Å². The van der Waals surface area contributed by atoms with E-state index in [9.17, 15) is 0 Å². The van der Waals surface area contributed by atoms with Gasteiger partial charge in [0, 0.05) is 11.8 Å². The Morgan fingerprint density at radius 2 is 2.40 bits per heavy atom. The van der Waals surface area contributed by atoms with Crippen molar-refractivity contribution in [1.29, 1.82) is 0 Å². The second-order valence-electron chi connectivity index (χ2n) is 2.09. The largest absolute Gasteiger partial charge is 0.244 e. The molecule has 0 radical (unpaired) electrons. The van der Waals surface area contributed by atoms with E-state index in [-0.39, 0.29) is 0 Å². The van der Waals surface area contributed by atoms with E-state index in [1.54, 1.807) is 6.20 Å². The molecule has 1 aromatic heterocycles. The van der Waals surface area contributed by atoms with Crippen molar-refractivity contribution in [2.24, 2.45) is 10.2 Å². The maximum absolute atomic E-state index is 3.95. The zero-order chi connectivity index (χ0) is 6.81. The predicted molar refractivity (Wildman–Crippen MR) is 35.1 cm³/mol. The van der Waals surface area contributed by atoms with E-state index in [1.165, 1.54) is 6.33 Å². The first-order valence-electron chi connectivity index (χ1n) is 3.13. The van der Waals surface area contributed by atoms with Crippen molar-refractivity contribution in [1.82, 2.24) is 9.97 Å². The number of fused-ring (bicyclic) bond motifs is 1. The molecule has 0 fully saturated rings. The lowest BCUT2D eigenvalue weighted by Crippen LogP contribution is -1.96. The maximum Gasteiger partial charge on any atom is 0.180 e. The Bertz CT molecular complexity index is 268. The zero-order valence-corrected chi connectivity index (χ0v) is 5.36. The molecule has 0 spiro atoms. The van der Waals surface area contributed by atoms with Gasteiger partial charge in [-0.05, 0) is 6.42 Å². The first-order chi connectivity index (χ1) is 4.97. The first kappa shape index (κ1) is 5.46. The van der Waals surface area contributed by atoms with Crippen LogP contribution in [0.3, 0.4) is 0 Å². The molecule has 10 heavy (non-hydrogen) atoms. The highest BCUT2D eigenvalue weighted by atomic mass is 15.2. The van der Waals surface area contributed by atoms with Gasteiger partial charge < -0.3 is 0 Å². The van der Waals surface area contributed by atoms with Gasteiger partial charge in [-0.25, -0.2) is 9.97 Å². The Morgan fingerprint density at radius 3 is 3.30 bits per heavy atom. The molecular formula is C6H6N4. The monoisotopic (exact) mass is 134 g/mol. The van der Waals surface area contributed by atoms with E-state index in [2.05, 4.69) is 20.2 Å². The van der Waals surface area contributed by atoms with E-state index in [4.69, 9.17) is 0 Å². The Balaban J connectivity index is 2.54. The van der Waals surface area contributed by atoms with Gasteiger partial charge in [0.05, 0.1) is 6.54 Å². The Hall–Kier alpha value is -1.32. The number of nitrogens with zero attached hydrogens (tertiary/aromatic N) is 4. The van der Waals surface area contributed by atoms with Gasteiger partial charge in [-0.2, -0.15) is 5.11 Å². The standard InChI is InChI=1S/C6H6N4/c1-2-9-10-6-5(1)3-7-4-8-6/h3-4H,1-2H2. The lowest BCUT2D eigenvalue weighted by molar-refractivity contribution is 0.835. The minimum Gasteiger partial charge on any atom is -0.244 e. The lowest BCUT2D eigenvalue weighted by Gasteiger charge is -2.03. The van der Waals surface area contributed by atoms with E-state index in [0.29, 0.717) is 0 Å². The van der Waals surface area contributed by atoms with Crippen LogP contribution in [0.15, 0.2) is 22.8 Å². The summed E-state index contributed by atoms with van der Waals surface area (Å²) < 4.78 is 0. The number of rotatable bonds is 0. The van der Waals surface area contributed by atoms with Crippen molar-refractivity contribution >= 4 is 5.82 Å². The highest BCUT2D eigenvalue weighted by Crippen LogP contribution is 2.18. The molecule has 0 N–H and O–H groups in total. The molecule has 50 valence electrons. The molecule has 0 aliphatic carbocycles. The average molecular weight is 134 g/mol. The molecule has 2 rings (SSSR count). The lowest BCUT2D eigenvalue weighted by atomic mass is 10.2. The molecule has 0 saturated heterocycles. The van der Waals surface area contributed by atoms with Crippen LogP contribution in [-0.2, 0) is 6.42 Å². The summed E-state index contributed by atoms with van der Waals surface area (Å²) in [5.41, 5.74) is 1.09. The third kappa shape index (κ3) is 0.775. The molecule has 2 heterocycles. The fraction of sp³-hybridized carbons (Fsp3) is 0.333. The van der Waals surface area contributed by atoms with E-state index >= 15 is 0 Å². The van der Waals surface area contributed by atoms with E-state index in [0.717, 1.165) is 24.3 Å². The van der Waals surface area contributed by atoms with Gasteiger partial charge in [0.1, 0.15) is 6.33 Å². The van der Waals surface area contributed by atoms with Crippen LogP contribution >= 0.6 is 0 Å². The Labute approximate surface area is 58.0 Å². The van der Waals surface area contributed by atoms with Crippen LogP contribution in [0.25, 0.3) is 0 Å². The Kier molecular flexibility index (Phi) is 1.16. The molecule has 0 atom stereocenters. The van der Waals surface area contributed by atoms with Gasteiger partial charge in [0.2, 0.25) is 0 Å². The summed E-state index contributed by atoms with van der Waals surface area (Å²) in [5.74, 6) is 0.723. The molecule has 0 amide bonds. The number of hydrogen-bond donors (Lipinski definition) is 0. The first-order valence-corrected chi connectivity index (χ1v) is 3.13. The van der Waals surface area contributed by atoms with Crippen molar-refractivity contribution in [3.8, 4) is 0 Å². The number of azo groups is 1. The van der Waals surface area contributed by atoms with Gasteiger partial charge in [0.25, 0.3) is 0 Å². The fourth-order valence-electron chi connectivity index (χ4n) is 0.906. The summed E-state index contributed by atoms with van der Waals surface area (Å²) in [6.07, 6.45) is 4.20. The SMILES string of the molecule is c1ncc2c(n1)N=NCC2. The van der Waals surface area contributed by atoms with Gasteiger partial charge in [-0.15, -0.1) is 5.11 Å². The second-order valence-corrected chi connectivity index (χ2v) is 2.09. The van der Waals surface area contributed by atoms with Crippen LogP contribution in [0.2, 0.25) is 0 Å². The van der Waals surface area contributed by atoms with Gasteiger partial charge in [0.15, 0.2) is 5.82 Å². The second kappa shape index (κ2) is 2.13. The van der Waals surface area contributed by atoms with Crippen LogP contribution in [-0.4, -0.2) is 16.5 Å². The smallest absolute Gasteiger partial charge is 0.180 e. The molecule has 0 aromatic carbocycles. The van der Waals surface area contributed by atoms with Crippen LogP contribution in [0, 0.1) is 0 Å². The molecule has 0 saturated carbocycles. The molecule has 1 aromatic rings. The summed E-state index contributed by atoms with van der Waals surface area (Å²) in [6.45, 7) is 0.764. The van der Waals surface area contributed by atoms with Crippen molar-refractivity contribution in [2.45, 2.75) is 6.42 Å². The third-order valence-corrected chi connectivity index (χ3v) is 1.41. The normalized spacial score (nSPS) is 14.8. The fourth-order valence-corrected chi connectivity index (χ4v) is 0.906. The van der Waals surface area contributed by atoms with Crippen LogP contribution in [0.4, 0.5) is 5.82 Å². The summed E-state index contributed by atoms with van der Waals surface area (Å²) in [5, 5.41) is 7.72. The number of aromatic nitrogens is 2. The zero-order valence-electron chi connectivity index (χ0n) is 5.36. The van der Waals surface area contributed by atoms with E-state index < -0.39 is 0 Å². The number of hydrogen-bond acceptors (Lipinski definition) is 4. The molecule has 1 aliphatic rings. The van der Waals surface area contributed by atoms with Gasteiger partial charge >= 0.3 is 0 Å². The summed E-state index contributed by atoms with van der Waals surface area (Å²) in [7, 11) is 0. The van der Waals surface area contributed by atoms with Gasteiger partial charge in [-0.3, -0.25) is 0 Å². The third-order valence-electron chi connectivity index (χ3n) is 1.41. The summed E-state index contributed by atoms with van der Waals surface area (Å²) in [4.78, 5) is 7.83. The topological polar surface area (TPSA) is 50.5 Å². The molecule has 0 bridgehead atoms. The molecular weight excluding hydrogens is 128 g/mol.